The Morgan fingerprint density at radius 1 is 1.71 bits per heavy atom. The molecular formula is C10H14N4O3. The van der Waals surface area contributed by atoms with Crippen LogP contribution in [0.25, 0.3) is 0 Å². The van der Waals surface area contributed by atoms with Crippen LogP contribution < -0.4 is 5.32 Å². The summed E-state index contributed by atoms with van der Waals surface area (Å²) in [5, 5.41) is 14.9. The molecule has 7 heteroatoms. The van der Waals surface area contributed by atoms with Crippen molar-refractivity contribution in [2.45, 2.75) is 6.54 Å². The highest BCUT2D eigenvalue weighted by Crippen LogP contribution is 2.05. The molecule has 17 heavy (non-hydrogen) atoms. The van der Waals surface area contributed by atoms with Crippen molar-refractivity contribution in [3.63, 3.8) is 0 Å². The minimum atomic E-state index is -0.991. The average Bonchev–Trinajstić information content (AvgIpc) is 2.64. The van der Waals surface area contributed by atoms with E-state index in [4.69, 9.17) is 5.11 Å². The molecule has 0 aromatic carbocycles. The lowest BCUT2D eigenvalue weighted by Gasteiger charge is -2.14. The Morgan fingerprint density at radius 3 is 3.00 bits per heavy atom. The molecule has 92 valence electrons. The van der Waals surface area contributed by atoms with Crippen LogP contribution in [0, 0.1) is 0 Å². The molecule has 0 radical (unpaired) electrons. The Labute approximate surface area is 98.3 Å². The predicted molar refractivity (Wildman–Crippen MR) is 61.7 cm³/mol. The maximum atomic E-state index is 11.5. The first kappa shape index (κ1) is 12.8. The quantitative estimate of drug-likeness (QED) is 0.736. The van der Waals surface area contributed by atoms with Crippen molar-refractivity contribution in [3.8, 4) is 0 Å². The topological polar surface area (TPSA) is 87.5 Å². The van der Waals surface area contributed by atoms with Crippen molar-refractivity contribution < 1.29 is 14.7 Å². The molecule has 0 saturated heterocycles. The van der Waals surface area contributed by atoms with Crippen LogP contribution in [0.5, 0.6) is 0 Å². The van der Waals surface area contributed by atoms with Crippen molar-refractivity contribution in [1.29, 1.82) is 0 Å². The zero-order valence-electron chi connectivity index (χ0n) is 9.46. The first-order valence-electron chi connectivity index (χ1n) is 4.90. The fourth-order valence-corrected chi connectivity index (χ4v) is 1.15. The van der Waals surface area contributed by atoms with Crippen LogP contribution in [0.3, 0.4) is 0 Å². The lowest BCUT2D eigenvalue weighted by molar-refractivity contribution is -0.137. The fourth-order valence-electron chi connectivity index (χ4n) is 1.15. The number of nitrogens with zero attached hydrogens (tertiary/aromatic N) is 3. The number of carbonyl (C=O) groups excluding carboxylic acids is 1. The molecule has 0 aliphatic heterocycles. The Kier molecular flexibility index (Phi) is 4.27. The second kappa shape index (κ2) is 5.69. The zero-order chi connectivity index (χ0) is 12.8. The summed E-state index contributed by atoms with van der Waals surface area (Å²) in [6.45, 7) is 3.71. The van der Waals surface area contributed by atoms with Gasteiger partial charge in [0.2, 0.25) is 0 Å². The number of carboxylic acids is 1. The highest BCUT2D eigenvalue weighted by atomic mass is 16.4. The monoisotopic (exact) mass is 238 g/mol. The van der Waals surface area contributed by atoms with E-state index in [0.717, 1.165) is 0 Å². The van der Waals surface area contributed by atoms with Gasteiger partial charge < -0.3 is 15.3 Å². The Balaban J connectivity index is 2.57. The third-order valence-corrected chi connectivity index (χ3v) is 1.93. The maximum absolute atomic E-state index is 11.5. The van der Waals surface area contributed by atoms with Crippen LogP contribution in [0.1, 0.15) is 0 Å². The molecule has 0 saturated carbocycles. The number of carbonyl (C=O) groups is 2. The van der Waals surface area contributed by atoms with Gasteiger partial charge in [-0.05, 0) is 0 Å². The molecule has 2 amide bonds. The number of amides is 2. The van der Waals surface area contributed by atoms with Crippen LogP contribution in [0.2, 0.25) is 0 Å². The van der Waals surface area contributed by atoms with E-state index in [1.54, 1.807) is 13.1 Å². The van der Waals surface area contributed by atoms with Gasteiger partial charge in [0.15, 0.2) is 0 Å². The van der Waals surface area contributed by atoms with E-state index in [1.165, 1.54) is 22.0 Å². The van der Waals surface area contributed by atoms with E-state index < -0.39 is 5.97 Å². The fraction of sp³-hybridized carbons (Fsp3) is 0.300. The van der Waals surface area contributed by atoms with E-state index in [2.05, 4.69) is 17.0 Å². The lowest BCUT2D eigenvalue weighted by Crippen LogP contribution is -2.31. The summed E-state index contributed by atoms with van der Waals surface area (Å²) in [6.07, 6.45) is 4.45. The van der Waals surface area contributed by atoms with Gasteiger partial charge in [-0.1, -0.05) is 6.08 Å². The van der Waals surface area contributed by atoms with Gasteiger partial charge >= 0.3 is 12.0 Å². The number of rotatable bonds is 5. The number of hydrogen-bond donors (Lipinski definition) is 2. The third-order valence-electron chi connectivity index (χ3n) is 1.93. The second-order valence-electron chi connectivity index (χ2n) is 3.42. The highest BCUT2D eigenvalue weighted by molar-refractivity contribution is 5.88. The number of urea groups is 1. The van der Waals surface area contributed by atoms with Crippen LogP contribution in [0.4, 0.5) is 10.5 Å². The summed E-state index contributed by atoms with van der Waals surface area (Å²) < 4.78 is 1.23. The minimum Gasteiger partial charge on any atom is -0.480 e. The summed E-state index contributed by atoms with van der Waals surface area (Å²) in [5.74, 6) is -0.991. The van der Waals surface area contributed by atoms with Crippen LogP contribution in [-0.2, 0) is 11.3 Å². The van der Waals surface area contributed by atoms with Gasteiger partial charge in [-0.3, -0.25) is 9.48 Å². The van der Waals surface area contributed by atoms with Crippen LogP contribution >= 0.6 is 0 Å². The second-order valence-corrected chi connectivity index (χ2v) is 3.42. The number of anilines is 1. The summed E-state index contributed by atoms with van der Waals surface area (Å²) in [4.78, 5) is 23.4. The molecule has 0 bridgehead atoms. The van der Waals surface area contributed by atoms with Gasteiger partial charge in [-0.2, -0.15) is 5.10 Å². The van der Waals surface area contributed by atoms with Crippen molar-refractivity contribution >= 4 is 17.7 Å². The predicted octanol–water partition coefficient (Wildman–Crippen LogP) is 0.617. The van der Waals surface area contributed by atoms with E-state index in [9.17, 15) is 9.59 Å². The molecule has 1 aromatic rings. The minimum absolute atomic E-state index is 0.238. The van der Waals surface area contributed by atoms with Gasteiger partial charge in [-0.25, -0.2) is 4.79 Å². The number of hydrogen-bond acceptors (Lipinski definition) is 3. The largest absolute Gasteiger partial charge is 0.480 e. The average molecular weight is 238 g/mol. The van der Waals surface area contributed by atoms with Crippen molar-refractivity contribution in [2.75, 3.05) is 18.9 Å². The Bertz CT molecular complexity index is 427. The van der Waals surface area contributed by atoms with Gasteiger partial charge in [-0.15, -0.1) is 6.58 Å². The number of carboxylic acid groups (broad SMARTS) is 1. The third kappa shape index (κ3) is 3.98. The van der Waals surface area contributed by atoms with E-state index in [0.29, 0.717) is 12.2 Å². The smallest absolute Gasteiger partial charge is 0.325 e. The molecular weight excluding hydrogens is 224 g/mol. The van der Waals surface area contributed by atoms with Gasteiger partial charge in [0.05, 0.1) is 11.9 Å². The van der Waals surface area contributed by atoms with Gasteiger partial charge in [0.25, 0.3) is 0 Å². The molecule has 7 nitrogen and oxygen atoms in total. The number of nitrogens with one attached hydrogen (secondary N) is 1. The molecule has 2 N–H and O–H groups in total. The molecule has 0 spiro atoms. The molecule has 0 unspecified atom stereocenters. The van der Waals surface area contributed by atoms with Crippen molar-refractivity contribution in [3.05, 3.63) is 25.0 Å². The molecule has 0 fully saturated rings. The molecule has 0 aliphatic carbocycles. The van der Waals surface area contributed by atoms with Crippen LogP contribution in [-0.4, -0.2) is 45.4 Å². The zero-order valence-corrected chi connectivity index (χ0v) is 9.46. The molecule has 1 rings (SSSR count). The number of likely N-dealkylation sites (N-methyl/N-ethyl adjacent to an activating group) is 1. The summed E-state index contributed by atoms with van der Waals surface area (Å²) in [5.41, 5.74) is 0.451. The SMILES string of the molecule is C=CCN(C)C(=O)Nc1cnn(CC(=O)O)c1. The van der Waals surface area contributed by atoms with E-state index >= 15 is 0 Å². The van der Waals surface area contributed by atoms with Crippen molar-refractivity contribution in [2.24, 2.45) is 0 Å². The maximum Gasteiger partial charge on any atom is 0.325 e. The number of aliphatic carboxylic acids is 1. The number of aromatic nitrogens is 2. The lowest BCUT2D eigenvalue weighted by atomic mass is 10.5. The molecule has 0 aliphatic rings. The summed E-state index contributed by atoms with van der Waals surface area (Å²) in [7, 11) is 1.62. The molecule has 0 atom stereocenters. The highest BCUT2D eigenvalue weighted by Gasteiger charge is 2.09. The normalized spacial score (nSPS) is 9.71. The van der Waals surface area contributed by atoms with Crippen LogP contribution in [0.15, 0.2) is 25.0 Å². The first-order chi connectivity index (χ1) is 8.02. The Morgan fingerprint density at radius 2 is 2.41 bits per heavy atom. The van der Waals surface area contributed by atoms with E-state index in [-0.39, 0.29) is 12.6 Å². The molecule has 1 aromatic heterocycles. The van der Waals surface area contributed by atoms with Crippen molar-refractivity contribution in [1.82, 2.24) is 14.7 Å². The van der Waals surface area contributed by atoms with E-state index in [1.807, 2.05) is 0 Å². The Hall–Kier alpha value is -2.31. The summed E-state index contributed by atoms with van der Waals surface area (Å²) in [6, 6.07) is -0.306. The molecule has 1 heterocycles. The van der Waals surface area contributed by atoms with Gasteiger partial charge in [0.1, 0.15) is 6.54 Å². The van der Waals surface area contributed by atoms with Gasteiger partial charge in [0, 0.05) is 19.8 Å². The standard InChI is InChI=1S/C10H14N4O3/c1-3-4-13(2)10(17)12-8-5-11-14(6-8)7-9(15)16/h3,5-6H,1,4,7H2,2H3,(H,12,17)(H,15,16). The first-order valence-corrected chi connectivity index (χ1v) is 4.90. The summed E-state index contributed by atoms with van der Waals surface area (Å²) >= 11 is 0.